The highest BCUT2D eigenvalue weighted by Crippen LogP contribution is 2.23. The molecule has 1 unspecified atom stereocenters. The third kappa shape index (κ3) is 2.63. The molecule has 2 aromatic heterocycles. The van der Waals surface area contributed by atoms with E-state index >= 15 is 0 Å². The van der Waals surface area contributed by atoms with Crippen molar-refractivity contribution in [3.05, 3.63) is 10.8 Å². The van der Waals surface area contributed by atoms with Crippen LogP contribution in [0.1, 0.15) is 31.6 Å². The van der Waals surface area contributed by atoms with Crippen molar-refractivity contribution in [2.75, 3.05) is 19.8 Å². The van der Waals surface area contributed by atoms with Gasteiger partial charge in [-0.15, -0.1) is 10.2 Å². The lowest BCUT2D eigenvalue weighted by molar-refractivity contribution is 0.0769. The molecule has 1 fully saturated rings. The molecule has 1 N–H and O–H groups in total. The Balaban J connectivity index is 1.83. The summed E-state index contributed by atoms with van der Waals surface area (Å²) in [7, 11) is 0. The zero-order chi connectivity index (χ0) is 13.5. The van der Waals surface area contributed by atoms with Crippen LogP contribution in [0.2, 0.25) is 0 Å². The number of ether oxygens (including phenoxy) is 1. The van der Waals surface area contributed by atoms with Gasteiger partial charge in [-0.1, -0.05) is 32.1 Å². The molecule has 0 radical (unpaired) electrons. The minimum atomic E-state index is -0.0447. The van der Waals surface area contributed by atoms with Gasteiger partial charge in [0.05, 0.1) is 13.2 Å². The van der Waals surface area contributed by atoms with Crippen LogP contribution in [0.4, 0.5) is 0 Å². The van der Waals surface area contributed by atoms with Crippen LogP contribution in [-0.2, 0) is 16.6 Å². The molecule has 3 rings (SSSR count). The summed E-state index contributed by atoms with van der Waals surface area (Å²) in [5.74, 6) is 0.915. The maximum atomic E-state index is 5.47. The van der Waals surface area contributed by atoms with Crippen LogP contribution in [0.15, 0.2) is 0 Å². The lowest BCUT2D eigenvalue weighted by Crippen LogP contribution is -2.42. The van der Waals surface area contributed by atoms with Crippen LogP contribution in [0.3, 0.4) is 0 Å². The Morgan fingerprint density at radius 2 is 2.26 bits per heavy atom. The Morgan fingerprint density at radius 3 is 2.95 bits per heavy atom. The molecule has 0 amide bonds. The van der Waals surface area contributed by atoms with Gasteiger partial charge in [-0.25, -0.2) is 0 Å². The van der Waals surface area contributed by atoms with Crippen LogP contribution < -0.4 is 5.32 Å². The molecule has 0 saturated carbocycles. The van der Waals surface area contributed by atoms with Gasteiger partial charge < -0.3 is 10.1 Å². The zero-order valence-electron chi connectivity index (χ0n) is 11.5. The summed E-state index contributed by atoms with van der Waals surface area (Å²) in [5.41, 5.74) is -0.0447. The van der Waals surface area contributed by atoms with Gasteiger partial charge in [0.1, 0.15) is 5.01 Å². The highest BCUT2D eigenvalue weighted by Gasteiger charge is 2.24. The monoisotopic (exact) mass is 281 g/mol. The molecular weight excluding hydrogens is 262 g/mol. The van der Waals surface area contributed by atoms with Gasteiger partial charge in [0.25, 0.3) is 0 Å². The number of rotatable bonds is 2. The Bertz CT molecular complexity index is 564. The predicted octanol–water partition coefficient (Wildman–Crippen LogP) is 1.01. The second-order valence-electron chi connectivity index (χ2n) is 5.89. The summed E-state index contributed by atoms with van der Waals surface area (Å²) in [4.78, 5) is 0.872. The minimum absolute atomic E-state index is 0.0447. The maximum Gasteiger partial charge on any atom is 0.234 e. The number of aromatic nitrogens is 4. The maximum absolute atomic E-state index is 5.47. The number of hydrogen-bond acceptors (Lipinski definition) is 6. The molecule has 6 nitrogen and oxygen atoms in total. The predicted molar refractivity (Wildman–Crippen MR) is 73.7 cm³/mol. The normalized spacial score (nSPS) is 21.1. The van der Waals surface area contributed by atoms with Crippen molar-refractivity contribution in [1.82, 2.24) is 25.1 Å². The molecule has 0 bridgehead atoms. The molecule has 104 valence electrons. The van der Waals surface area contributed by atoms with Crippen LogP contribution in [0.5, 0.6) is 0 Å². The topological polar surface area (TPSA) is 64.3 Å². The average Bonchev–Trinajstić information content (AvgIpc) is 2.88. The number of morpholine rings is 1. The Labute approximate surface area is 116 Å². The number of nitrogens with one attached hydrogen (secondary N) is 1. The molecular formula is C12H19N5OS. The first-order chi connectivity index (χ1) is 9.04. The summed E-state index contributed by atoms with van der Waals surface area (Å²) < 4.78 is 7.35. The summed E-state index contributed by atoms with van der Waals surface area (Å²) in [6, 6.07) is 0.357. The fourth-order valence-electron chi connectivity index (χ4n) is 2.17. The highest BCUT2D eigenvalue weighted by atomic mass is 32.1. The van der Waals surface area contributed by atoms with Crippen molar-refractivity contribution < 1.29 is 4.74 Å². The van der Waals surface area contributed by atoms with Crippen molar-refractivity contribution in [1.29, 1.82) is 0 Å². The van der Waals surface area contributed by atoms with Crippen LogP contribution in [0.25, 0.3) is 4.96 Å². The fraction of sp³-hybridized carbons (Fsp3) is 0.750. The minimum Gasteiger partial charge on any atom is -0.379 e. The van der Waals surface area contributed by atoms with E-state index in [4.69, 9.17) is 4.74 Å². The van der Waals surface area contributed by atoms with E-state index in [1.165, 1.54) is 0 Å². The molecule has 1 aliphatic rings. The lowest BCUT2D eigenvalue weighted by Gasteiger charge is -2.22. The van der Waals surface area contributed by atoms with Crippen LogP contribution in [-0.4, -0.2) is 45.6 Å². The van der Waals surface area contributed by atoms with Gasteiger partial charge >= 0.3 is 0 Å². The first kappa shape index (κ1) is 13.0. The van der Waals surface area contributed by atoms with Crippen LogP contribution in [0, 0.1) is 0 Å². The van der Waals surface area contributed by atoms with E-state index in [9.17, 15) is 0 Å². The first-order valence-electron chi connectivity index (χ1n) is 6.57. The molecule has 7 heteroatoms. The van der Waals surface area contributed by atoms with Crippen molar-refractivity contribution >= 4 is 16.3 Å². The van der Waals surface area contributed by atoms with E-state index in [2.05, 4.69) is 41.4 Å². The SMILES string of the molecule is CC(C)(C)c1nnc2sc(CC3COCCN3)nn12. The second-order valence-corrected chi connectivity index (χ2v) is 6.93. The smallest absolute Gasteiger partial charge is 0.234 e. The van der Waals surface area contributed by atoms with E-state index in [1.54, 1.807) is 11.3 Å². The Hall–Kier alpha value is -1.05. The van der Waals surface area contributed by atoms with Gasteiger partial charge in [0.15, 0.2) is 5.82 Å². The molecule has 1 aliphatic heterocycles. The quantitative estimate of drug-likeness (QED) is 0.890. The van der Waals surface area contributed by atoms with E-state index in [0.29, 0.717) is 6.04 Å². The molecule has 0 aromatic carbocycles. The third-order valence-electron chi connectivity index (χ3n) is 3.12. The fourth-order valence-corrected chi connectivity index (χ4v) is 3.08. The molecule has 19 heavy (non-hydrogen) atoms. The molecule has 0 spiro atoms. The second kappa shape index (κ2) is 4.81. The van der Waals surface area contributed by atoms with E-state index in [-0.39, 0.29) is 5.41 Å². The van der Waals surface area contributed by atoms with E-state index < -0.39 is 0 Å². The summed E-state index contributed by atoms with van der Waals surface area (Å²) in [6.07, 6.45) is 0.887. The summed E-state index contributed by atoms with van der Waals surface area (Å²) in [5, 5.41) is 17.6. The van der Waals surface area contributed by atoms with E-state index in [0.717, 1.165) is 42.0 Å². The highest BCUT2D eigenvalue weighted by molar-refractivity contribution is 7.16. The Kier molecular flexibility index (Phi) is 3.28. The average molecular weight is 281 g/mol. The number of hydrogen-bond donors (Lipinski definition) is 1. The van der Waals surface area contributed by atoms with Gasteiger partial charge in [0.2, 0.25) is 4.96 Å². The van der Waals surface area contributed by atoms with Gasteiger partial charge in [-0.2, -0.15) is 9.61 Å². The number of nitrogens with zero attached hydrogens (tertiary/aromatic N) is 4. The zero-order valence-corrected chi connectivity index (χ0v) is 12.3. The van der Waals surface area contributed by atoms with Crippen molar-refractivity contribution in [3.8, 4) is 0 Å². The van der Waals surface area contributed by atoms with Crippen molar-refractivity contribution in [2.24, 2.45) is 0 Å². The Morgan fingerprint density at radius 1 is 1.42 bits per heavy atom. The number of fused-ring (bicyclic) bond motifs is 1. The molecule has 1 saturated heterocycles. The largest absolute Gasteiger partial charge is 0.379 e. The molecule has 2 aromatic rings. The van der Waals surface area contributed by atoms with Crippen LogP contribution >= 0.6 is 11.3 Å². The van der Waals surface area contributed by atoms with Gasteiger partial charge in [-0.05, 0) is 0 Å². The standard InChI is InChI=1S/C12H19N5OS/c1-12(2,3)10-14-15-11-17(10)16-9(19-11)6-8-7-18-5-4-13-8/h8,13H,4-7H2,1-3H3. The molecule has 3 heterocycles. The van der Waals surface area contributed by atoms with E-state index in [1.807, 2.05) is 4.52 Å². The molecule has 0 aliphatic carbocycles. The van der Waals surface area contributed by atoms with Gasteiger partial charge in [-0.3, -0.25) is 0 Å². The van der Waals surface area contributed by atoms with Crippen molar-refractivity contribution in [3.63, 3.8) is 0 Å². The van der Waals surface area contributed by atoms with Gasteiger partial charge in [0, 0.05) is 24.4 Å². The third-order valence-corrected chi connectivity index (χ3v) is 4.04. The molecule has 1 atom stereocenters. The first-order valence-corrected chi connectivity index (χ1v) is 7.38. The van der Waals surface area contributed by atoms with Crippen molar-refractivity contribution in [2.45, 2.75) is 38.6 Å². The summed E-state index contributed by atoms with van der Waals surface area (Å²) >= 11 is 1.61. The summed E-state index contributed by atoms with van der Waals surface area (Å²) in [6.45, 7) is 8.85. The lowest BCUT2D eigenvalue weighted by atomic mass is 9.96.